The molecule has 1 atom stereocenters. The van der Waals surface area contributed by atoms with Crippen LogP contribution in [0, 0.1) is 13.8 Å². The van der Waals surface area contributed by atoms with Gasteiger partial charge >= 0.3 is 0 Å². The van der Waals surface area contributed by atoms with Crippen molar-refractivity contribution in [2.75, 3.05) is 0 Å². The monoisotopic (exact) mass is 308 g/mol. The smallest absolute Gasteiger partial charge is 0.172 e. The summed E-state index contributed by atoms with van der Waals surface area (Å²) in [5.41, 5.74) is 2.29. The number of rotatable bonds is 2. The standard InChI is InChI=1S/C14H13BrOS/c1-10-3-6-12(7-4-10)17(16)14-9-11(2)5-8-13(14)15/h3-9H,1-2H3. The molecule has 0 saturated heterocycles. The first-order valence-electron chi connectivity index (χ1n) is 5.32. The lowest BCUT2D eigenvalue weighted by molar-refractivity contribution is 0.594. The van der Waals surface area contributed by atoms with E-state index in [9.17, 15) is 4.55 Å². The first kappa shape index (κ1) is 12.7. The number of aryl methyl sites for hydroxylation is 2. The van der Waals surface area contributed by atoms with E-state index in [2.05, 4.69) is 15.9 Å². The van der Waals surface area contributed by atoms with Gasteiger partial charge in [0.25, 0.3) is 0 Å². The lowest BCUT2D eigenvalue weighted by atomic mass is 10.2. The van der Waals surface area contributed by atoms with E-state index in [-0.39, 0.29) is 0 Å². The molecule has 0 aliphatic rings. The van der Waals surface area contributed by atoms with Crippen LogP contribution in [0.5, 0.6) is 0 Å². The van der Waals surface area contributed by atoms with E-state index in [1.165, 1.54) is 5.56 Å². The Hall–Kier alpha value is -0.770. The van der Waals surface area contributed by atoms with Crippen molar-refractivity contribution < 1.29 is 4.55 Å². The Morgan fingerprint density at radius 1 is 0.941 bits per heavy atom. The molecule has 2 aromatic carbocycles. The molecule has 0 heterocycles. The predicted molar refractivity (Wildman–Crippen MR) is 74.7 cm³/mol. The van der Waals surface area contributed by atoms with Crippen LogP contribution in [0.2, 0.25) is 0 Å². The third-order valence-electron chi connectivity index (χ3n) is 2.52. The normalized spacial score (nSPS) is 12.5. The molecule has 17 heavy (non-hydrogen) atoms. The molecular formula is C14H13BrOS. The highest BCUT2D eigenvalue weighted by Gasteiger charge is 2.18. The highest BCUT2D eigenvalue weighted by atomic mass is 79.9. The molecule has 0 saturated carbocycles. The van der Waals surface area contributed by atoms with Gasteiger partial charge in [0.1, 0.15) is 0 Å². The van der Waals surface area contributed by atoms with Crippen LogP contribution < -0.4 is 0 Å². The average Bonchev–Trinajstić information content (AvgIpc) is 2.32. The molecule has 3 heteroatoms. The second kappa shape index (κ2) is 5.25. The van der Waals surface area contributed by atoms with Crippen molar-refractivity contribution in [3.8, 4) is 0 Å². The van der Waals surface area contributed by atoms with Crippen LogP contribution in [0.25, 0.3) is 0 Å². The second-order valence-corrected chi connectivity index (χ2v) is 6.32. The summed E-state index contributed by atoms with van der Waals surface area (Å²) in [6, 6.07) is 13.7. The fraction of sp³-hybridized carbons (Fsp3) is 0.143. The molecule has 0 aliphatic heterocycles. The molecule has 0 aromatic heterocycles. The third kappa shape index (κ3) is 2.92. The first-order chi connectivity index (χ1) is 8.08. The van der Waals surface area contributed by atoms with Crippen LogP contribution in [0.1, 0.15) is 11.1 Å². The fourth-order valence-corrected chi connectivity index (χ4v) is 3.40. The molecule has 88 valence electrons. The van der Waals surface area contributed by atoms with Crippen LogP contribution in [0.4, 0.5) is 0 Å². The van der Waals surface area contributed by atoms with E-state index in [0.29, 0.717) is 0 Å². The summed E-state index contributed by atoms with van der Waals surface area (Å²) in [6.07, 6.45) is 0. The maximum Gasteiger partial charge on any atom is 0.172 e. The van der Waals surface area contributed by atoms with Crippen molar-refractivity contribution in [1.29, 1.82) is 0 Å². The summed E-state index contributed by atoms with van der Waals surface area (Å²) in [5.74, 6) is 0. The minimum atomic E-state index is -1.12. The van der Waals surface area contributed by atoms with Crippen LogP contribution >= 0.6 is 15.9 Å². The molecule has 0 N–H and O–H groups in total. The van der Waals surface area contributed by atoms with Crippen molar-refractivity contribution in [2.45, 2.75) is 23.6 Å². The maximum atomic E-state index is 12.4. The van der Waals surface area contributed by atoms with Crippen molar-refractivity contribution in [2.24, 2.45) is 0 Å². The Balaban J connectivity index is 2.39. The Morgan fingerprint density at radius 3 is 2.18 bits per heavy atom. The molecular weight excluding hydrogens is 296 g/mol. The summed E-state index contributed by atoms with van der Waals surface area (Å²) >= 11 is 2.33. The minimum Gasteiger partial charge on any atom is -0.606 e. The van der Waals surface area contributed by atoms with Gasteiger partial charge in [0, 0.05) is 11.2 Å². The van der Waals surface area contributed by atoms with Gasteiger partial charge in [0.05, 0.1) is 4.47 Å². The number of hydrogen-bond acceptors (Lipinski definition) is 1. The van der Waals surface area contributed by atoms with E-state index in [0.717, 1.165) is 19.8 Å². The maximum absolute atomic E-state index is 12.4. The van der Waals surface area contributed by atoms with Crippen molar-refractivity contribution in [1.82, 2.24) is 0 Å². The highest BCUT2D eigenvalue weighted by molar-refractivity contribution is 9.10. The molecule has 2 aromatic rings. The van der Waals surface area contributed by atoms with Gasteiger partial charge in [-0.1, -0.05) is 23.8 Å². The Kier molecular flexibility index (Phi) is 3.92. The molecule has 2 rings (SSSR count). The third-order valence-corrected chi connectivity index (χ3v) is 4.91. The van der Waals surface area contributed by atoms with Gasteiger partial charge < -0.3 is 4.55 Å². The lowest BCUT2D eigenvalue weighted by Gasteiger charge is -2.12. The van der Waals surface area contributed by atoms with Gasteiger partial charge in [0.2, 0.25) is 0 Å². The van der Waals surface area contributed by atoms with Gasteiger partial charge in [0.15, 0.2) is 9.79 Å². The van der Waals surface area contributed by atoms with Crippen LogP contribution in [-0.2, 0) is 11.2 Å². The van der Waals surface area contributed by atoms with Gasteiger partial charge in [-0.15, -0.1) is 0 Å². The average molecular weight is 309 g/mol. The summed E-state index contributed by atoms with van der Waals surface area (Å²) in [4.78, 5) is 1.66. The molecule has 0 aliphatic carbocycles. The van der Waals surface area contributed by atoms with E-state index >= 15 is 0 Å². The van der Waals surface area contributed by atoms with E-state index in [1.54, 1.807) is 0 Å². The first-order valence-corrected chi connectivity index (χ1v) is 7.27. The zero-order chi connectivity index (χ0) is 12.4. The molecule has 1 nitrogen and oxygen atoms in total. The summed E-state index contributed by atoms with van der Waals surface area (Å²) in [7, 11) is 0. The molecule has 0 fully saturated rings. The second-order valence-electron chi connectivity index (χ2n) is 4.02. The SMILES string of the molecule is Cc1ccc([S+]([O-])c2cc(C)ccc2Br)cc1. The lowest BCUT2D eigenvalue weighted by Crippen LogP contribution is -2.03. The van der Waals surface area contributed by atoms with Crippen LogP contribution in [0.15, 0.2) is 56.7 Å². The Labute approximate surface area is 113 Å². The number of benzene rings is 2. The van der Waals surface area contributed by atoms with Crippen molar-refractivity contribution in [3.05, 3.63) is 58.1 Å². The Morgan fingerprint density at radius 2 is 1.53 bits per heavy atom. The zero-order valence-electron chi connectivity index (χ0n) is 9.74. The molecule has 0 radical (unpaired) electrons. The van der Waals surface area contributed by atoms with Crippen molar-refractivity contribution in [3.63, 3.8) is 0 Å². The highest BCUT2D eigenvalue weighted by Crippen LogP contribution is 2.28. The van der Waals surface area contributed by atoms with Gasteiger partial charge in [-0.05, 0) is 59.6 Å². The Bertz CT molecular complexity index is 522. The minimum absolute atomic E-state index is 0.828. The van der Waals surface area contributed by atoms with Gasteiger partial charge in [-0.3, -0.25) is 0 Å². The summed E-state index contributed by atoms with van der Waals surface area (Å²) < 4.78 is 13.3. The van der Waals surface area contributed by atoms with Crippen molar-refractivity contribution >= 4 is 27.1 Å². The predicted octanol–water partition coefficient (Wildman–Crippen LogP) is 4.23. The quantitative estimate of drug-likeness (QED) is 0.761. The topological polar surface area (TPSA) is 23.1 Å². The van der Waals surface area contributed by atoms with E-state index in [1.807, 2.05) is 56.3 Å². The van der Waals surface area contributed by atoms with Crippen LogP contribution in [0.3, 0.4) is 0 Å². The van der Waals surface area contributed by atoms with Crippen LogP contribution in [-0.4, -0.2) is 4.55 Å². The number of hydrogen-bond donors (Lipinski definition) is 0. The molecule has 0 spiro atoms. The largest absolute Gasteiger partial charge is 0.606 e. The zero-order valence-corrected chi connectivity index (χ0v) is 12.1. The summed E-state index contributed by atoms with van der Waals surface area (Å²) in [6.45, 7) is 4.03. The summed E-state index contributed by atoms with van der Waals surface area (Å²) in [5, 5.41) is 0. The molecule has 0 amide bonds. The molecule has 1 unspecified atom stereocenters. The fourth-order valence-electron chi connectivity index (χ4n) is 1.54. The van der Waals surface area contributed by atoms with Gasteiger partial charge in [-0.2, -0.15) is 0 Å². The van der Waals surface area contributed by atoms with E-state index in [4.69, 9.17) is 0 Å². The van der Waals surface area contributed by atoms with E-state index < -0.39 is 11.2 Å². The molecule has 0 bridgehead atoms. The number of halogens is 1. The van der Waals surface area contributed by atoms with Gasteiger partial charge in [-0.25, -0.2) is 0 Å².